The van der Waals surface area contributed by atoms with Crippen LogP contribution >= 0.6 is 0 Å². The quantitative estimate of drug-likeness (QED) is 0.727. The SMILES string of the molecule is CN(c1ccc2nnc(-c3ccccc3)n2n1)C1C2CCOC2C1(C)C. The molecule has 1 aliphatic carbocycles. The standard InChI is InChI=1S/C20H23N5O/c1-20(2)17(14-11-12-26-18(14)20)24(3)16-10-9-15-21-22-19(25(15)23-16)13-7-5-4-6-8-13/h4-10,14,17-18H,11-12H2,1-3H3. The molecule has 2 aromatic heterocycles. The van der Waals surface area contributed by atoms with E-state index in [9.17, 15) is 0 Å². The summed E-state index contributed by atoms with van der Waals surface area (Å²) in [6.45, 7) is 5.47. The predicted molar refractivity (Wildman–Crippen MR) is 100 cm³/mol. The molecule has 3 heterocycles. The topological polar surface area (TPSA) is 55.6 Å². The molecule has 3 atom stereocenters. The molecule has 1 aromatic carbocycles. The normalized spacial score (nSPS) is 26.5. The summed E-state index contributed by atoms with van der Waals surface area (Å²) in [6, 6.07) is 14.5. The average Bonchev–Trinajstić information content (AvgIpc) is 3.27. The van der Waals surface area contributed by atoms with E-state index >= 15 is 0 Å². The molecular weight excluding hydrogens is 326 g/mol. The van der Waals surface area contributed by atoms with Gasteiger partial charge in [-0.05, 0) is 18.6 Å². The fourth-order valence-electron chi connectivity index (χ4n) is 4.96. The van der Waals surface area contributed by atoms with Crippen molar-refractivity contribution in [3.63, 3.8) is 0 Å². The van der Waals surface area contributed by atoms with Crippen LogP contribution in [0.25, 0.3) is 17.0 Å². The van der Waals surface area contributed by atoms with Gasteiger partial charge in [-0.2, -0.15) is 4.52 Å². The first-order chi connectivity index (χ1) is 12.6. The van der Waals surface area contributed by atoms with Crippen molar-refractivity contribution in [2.45, 2.75) is 32.4 Å². The van der Waals surface area contributed by atoms with Gasteiger partial charge in [-0.1, -0.05) is 44.2 Å². The Morgan fingerprint density at radius 3 is 2.73 bits per heavy atom. The van der Waals surface area contributed by atoms with Crippen molar-refractivity contribution in [3.05, 3.63) is 42.5 Å². The highest BCUT2D eigenvalue weighted by Gasteiger charge is 2.61. The van der Waals surface area contributed by atoms with E-state index in [1.54, 1.807) is 0 Å². The zero-order valence-electron chi connectivity index (χ0n) is 15.3. The Morgan fingerprint density at radius 1 is 1.12 bits per heavy atom. The zero-order valence-corrected chi connectivity index (χ0v) is 15.3. The van der Waals surface area contributed by atoms with Crippen LogP contribution in [0.3, 0.4) is 0 Å². The van der Waals surface area contributed by atoms with Gasteiger partial charge < -0.3 is 9.64 Å². The van der Waals surface area contributed by atoms with Gasteiger partial charge in [-0.25, -0.2) is 0 Å². The summed E-state index contributed by atoms with van der Waals surface area (Å²) in [6.07, 6.45) is 1.50. The van der Waals surface area contributed by atoms with Gasteiger partial charge in [0.25, 0.3) is 0 Å². The summed E-state index contributed by atoms with van der Waals surface area (Å²) in [5, 5.41) is 13.5. The van der Waals surface area contributed by atoms with E-state index in [-0.39, 0.29) is 5.41 Å². The van der Waals surface area contributed by atoms with Crippen LogP contribution in [0, 0.1) is 11.3 Å². The third-order valence-electron chi connectivity index (χ3n) is 6.10. The van der Waals surface area contributed by atoms with Crippen LogP contribution in [0.4, 0.5) is 5.82 Å². The molecule has 0 N–H and O–H groups in total. The molecule has 1 saturated carbocycles. The summed E-state index contributed by atoms with van der Waals surface area (Å²) >= 11 is 0. The van der Waals surface area contributed by atoms with Gasteiger partial charge in [-0.3, -0.25) is 0 Å². The molecule has 3 aromatic rings. The minimum atomic E-state index is 0.127. The Bertz CT molecular complexity index is 951. The van der Waals surface area contributed by atoms with Crippen molar-refractivity contribution < 1.29 is 4.74 Å². The second kappa shape index (κ2) is 5.51. The van der Waals surface area contributed by atoms with Gasteiger partial charge in [0, 0.05) is 36.6 Å². The number of benzene rings is 1. The second-order valence-electron chi connectivity index (χ2n) is 7.97. The van der Waals surface area contributed by atoms with E-state index in [0.29, 0.717) is 18.1 Å². The van der Waals surface area contributed by atoms with Crippen LogP contribution in [0.5, 0.6) is 0 Å². The molecule has 0 radical (unpaired) electrons. The van der Waals surface area contributed by atoms with Crippen LogP contribution in [0.15, 0.2) is 42.5 Å². The van der Waals surface area contributed by atoms with Crippen molar-refractivity contribution in [2.75, 3.05) is 18.6 Å². The fourth-order valence-corrected chi connectivity index (χ4v) is 4.96. The first-order valence-corrected chi connectivity index (χ1v) is 9.20. The van der Waals surface area contributed by atoms with Crippen molar-refractivity contribution >= 4 is 11.5 Å². The van der Waals surface area contributed by atoms with Gasteiger partial charge >= 0.3 is 0 Å². The lowest BCUT2D eigenvalue weighted by Gasteiger charge is -2.58. The monoisotopic (exact) mass is 349 g/mol. The highest BCUT2D eigenvalue weighted by molar-refractivity contribution is 5.59. The molecule has 2 fully saturated rings. The average molecular weight is 349 g/mol. The summed E-state index contributed by atoms with van der Waals surface area (Å²) in [5.41, 5.74) is 1.90. The Morgan fingerprint density at radius 2 is 1.92 bits per heavy atom. The largest absolute Gasteiger partial charge is 0.377 e. The van der Waals surface area contributed by atoms with E-state index < -0.39 is 0 Å². The number of aromatic nitrogens is 4. The van der Waals surface area contributed by atoms with Crippen molar-refractivity contribution in [1.82, 2.24) is 19.8 Å². The van der Waals surface area contributed by atoms with Crippen molar-refractivity contribution in [1.29, 1.82) is 0 Å². The Hall–Kier alpha value is -2.47. The maximum atomic E-state index is 5.95. The second-order valence-corrected chi connectivity index (χ2v) is 7.97. The number of anilines is 1. The van der Waals surface area contributed by atoms with Gasteiger partial charge in [0.2, 0.25) is 0 Å². The predicted octanol–water partition coefficient (Wildman–Crippen LogP) is 3.04. The van der Waals surface area contributed by atoms with Crippen LogP contribution < -0.4 is 4.90 Å². The molecule has 0 amide bonds. The Labute approximate surface area is 152 Å². The summed E-state index contributed by atoms with van der Waals surface area (Å²) < 4.78 is 7.79. The fraction of sp³-hybridized carbons (Fsp3) is 0.450. The molecule has 1 saturated heterocycles. The van der Waals surface area contributed by atoms with Gasteiger partial charge in [0.15, 0.2) is 11.5 Å². The molecule has 2 aliphatic rings. The molecule has 1 aliphatic heterocycles. The summed E-state index contributed by atoms with van der Waals surface area (Å²) in [5.74, 6) is 2.30. The van der Waals surface area contributed by atoms with Gasteiger partial charge in [-0.15, -0.1) is 15.3 Å². The minimum absolute atomic E-state index is 0.127. The number of hydrogen-bond donors (Lipinski definition) is 0. The lowest BCUT2D eigenvalue weighted by Crippen LogP contribution is -2.66. The van der Waals surface area contributed by atoms with E-state index in [2.05, 4.69) is 36.0 Å². The van der Waals surface area contributed by atoms with E-state index in [1.807, 2.05) is 47.0 Å². The Balaban J connectivity index is 1.54. The van der Waals surface area contributed by atoms with Gasteiger partial charge in [0.05, 0.1) is 6.10 Å². The summed E-state index contributed by atoms with van der Waals surface area (Å²) in [7, 11) is 2.14. The highest BCUT2D eigenvalue weighted by Crippen LogP contribution is 2.54. The number of fused-ring (bicyclic) bond motifs is 2. The number of rotatable bonds is 3. The van der Waals surface area contributed by atoms with Crippen LogP contribution in [0.1, 0.15) is 20.3 Å². The molecule has 0 bridgehead atoms. The van der Waals surface area contributed by atoms with E-state index in [0.717, 1.165) is 35.9 Å². The number of hydrogen-bond acceptors (Lipinski definition) is 5. The first kappa shape index (κ1) is 15.8. The molecule has 3 unspecified atom stereocenters. The zero-order chi connectivity index (χ0) is 17.9. The molecule has 134 valence electrons. The van der Waals surface area contributed by atoms with Crippen LogP contribution in [0.2, 0.25) is 0 Å². The van der Waals surface area contributed by atoms with Gasteiger partial charge in [0.1, 0.15) is 5.82 Å². The molecule has 6 nitrogen and oxygen atoms in total. The van der Waals surface area contributed by atoms with Crippen LogP contribution in [-0.4, -0.2) is 45.6 Å². The third-order valence-corrected chi connectivity index (χ3v) is 6.10. The highest BCUT2D eigenvalue weighted by atomic mass is 16.5. The molecule has 26 heavy (non-hydrogen) atoms. The molecule has 6 heteroatoms. The third kappa shape index (κ3) is 2.11. The number of nitrogens with zero attached hydrogens (tertiary/aromatic N) is 5. The number of ether oxygens (including phenoxy) is 1. The maximum Gasteiger partial charge on any atom is 0.185 e. The van der Waals surface area contributed by atoms with Crippen molar-refractivity contribution in [2.24, 2.45) is 11.3 Å². The molecule has 0 spiro atoms. The lowest BCUT2D eigenvalue weighted by atomic mass is 9.57. The smallest absolute Gasteiger partial charge is 0.185 e. The summed E-state index contributed by atoms with van der Waals surface area (Å²) in [4.78, 5) is 2.31. The molecule has 5 rings (SSSR count). The first-order valence-electron chi connectivity index (χ1n) is 9.20. The minimum Gasteiger partial charge on any atom is -0.377 e. The van der Waals surface area contributed by atoms with E-state index in [1.165, 1.54) is 0 Å². The van der Waals surface area contributed by atoms with E-state index in [4.69, 9.17) is 9.84 Å². The van der Waals surface area contributed by atoms with Crippen molar-refractivity contribution in [3.8, 4) is 11.4 Å². The van der Waals surface area contributed by atoms with Crippen LogP contribution in [-0.2, 0) is 4.74 Å². The lowest BCUT2D eigenvalue weighted by molar-refractivity contribution is -0.101. The Kier molecular flexibility index (Phi) is 3.34. The maximum absolute atomic E-state index is 5.95. The molecular formula is C20H23N5O.